The van der Waals surface area contributed by atoms with Gasteiger partial charge in [0.05, 0.1) is 16.8 Å². The number of amides is 3. The smallest absolute Gasteiger partial charge is 0.339 e. The number of urea groups is 1. The van der Waals surface area contributed by atoms with E-state index in [-0.39, 0.29) is 6.54 Å². The number of hydrogen-bond acceptors (Lipinski definition) is 5. The van der Waals surface area contributed by atoms with Gasteiger partial charge in [-0.25, -0.2) is 14.6 Å². The van der Waals surface area contributed by atoms with E-state index in [0.717, 1.165) is 16.7 Å². The third-order valence-electron chi connectivity index (χ3n) is 4.59. The van der Waals surface area contributed by atoms with E-state index in [1.165, 1.54) is 6.08 Å². The summed E-state index contributed by atoms with van der Waals surface area (Å²) >= 11 is 0. The van der Waals surface area contributed by atoms with Crippen LogP contribution in [0.2, 0.25) is 0 Å². The number of fused-ring (bicyclic) bond motifs is 1. The molecule has 158 valence electrons. The van der Waals surface area contributed by atoms with Gasteiger partial charge in [-0.15, -0.1) is 6.58 Å². The van der Waals surface area contributed by atoms with Crippen molar-refractivity contribution >= 4 is 28.8 Å². The number of carbonyl (C=O) groups is 3. The van der Waals surface area contributed by atoms with Gasteiger partial charge in [-0.3, -0.25) is 10.1 Å². The van der Waals surface area contributed by atoms with E-state index in [4.69, 9.17) is 9.72 Å². The molecule has 2 N–H and O–H groups in total. The Bertz CT molecular complexity index is 1170. The Morgan fingerprint density at radius 2 is 1.87 bits per heavy atom. The van der Waals surface area contributed by atoms with Gasteiger partial charge in [-0.1, -0.05) is 48.0 Å². The molecule has 1 aromatic heterocycles. The molecular weight excluding hydrogens is 394 g/mol. The summed E-state index contributed by atoms with van der Waals surface area (Å²) < 4.78 is 5.16. The fourth-order valence-corrected chi connectivity index (χ4v) is 3.16. The molecule has 31 heavy (non-hydrogen) atoms. The Labute approximate surface area is 180 Å². The topological polar surface area (TPSA) is 97.4 Å². The van der Waals surface area contributed by atoms with E-state index in [9.17, 15) is 14.4 Å². The number of aromatic nitrogens is 1. The van der Waals surface area contributed by atoms with Crippen LogP contribution >= 0.6 is 0 Å². The Morgan fingerprint density at radius 1 is 1.10 bits per heavy atom. The van der Waals surface area contributed by atoms with Gasteiger partial charge in [-0.05, 0) is 31.5 Å². The predicted molar refractivity (Wildman–Crippen MR) is 119 cm³/mol. The highest BCUT2D eigenvalue weighted by Crippen LogP contribution is 2.28. The van der Waals surface area contributed by atoms with Crippen molar-refractivity contribution in [3.8, 4) is 11.3 Å². The normalized spacial score (nSPS) is 10.4. The van der Waals surface area contributed by atoms with Gasteiger partial charge in [0.2, 0.25) is 0 Å². The van der Waals surface area contributed by atoms with Crippen molar-refractivity contribution in [3.05, 3.63) is 77.9 Å². The summed E-state index contributed by atoms with van der Waals surface area (Å²) in [5, 5.41) is 5.10. The molecule has 0 saturated carbocycles. The highest BCUT2D eigenvalue weighted by molar-refractivity contribution is 6.05. The van der Waals surface area contributed by atoms with Gasteiger partial charge < -0.3 is 10.1 Å². The first kappa shape index (κ1) is 21.7. The van der Waals surface area contributed by atoms with Crippen LogP contribution in [0.1, 0.15) is 21.5 Å². The van der Waals surface area contributed by atoms with Crippen LogP contribution in [-0.4, -0.2) is 36.0 Å². The number of esters is 1. The van der Waals surface area contributed by atoms with Crippen LogP contribution in [0, 0.1) is 13.8 Å². The third-order valence-corrected chi connectivity index (χ3v) is 4.59. The van der Waals surface area contributed by atoms with Crippen molar-refractivity contribution < 1.29 is 19.1 Å². The number of carbonyl (C=O) groups excluding carboxylic acids is 3. The molecular formula is C24H23N3O4. The number of nitrogens with zero attached hydrogens (tertiary/aromatic N) is 1. The van der Waals surface area contributed by atoms with Crippen molar-refractivity contribution in [3.63, 3.8) is 0 Å². The fraction of sp³-hybridized carbons (Fsp3) is 0.167. The van der Waals surface area contributed by atoms with Crippen molar-refractivity contribution in [1.82, 2.24) is 15.6 Å². The van der Waals surface area contributed by atoms with E-state index in [1.54, 1.807) is 18.2 Å². The van der Waals surface area contributed by atoms with Crippen molar-refractivity contribution in [2.75, 3.05) is 13.2 Å². The monoisotopic (exact) mass is 417 g/mol. The van der Waals surface area contributed by atoms with E-state index >= 15 is 0 Å². The Balaban J connectivity index is 1.85. The van der Waals surface area contributed by atoms with E-state index in [2.05, 4.69) is 17.2 Å². The zero-order valence-corrected chi connectivity index (χ0v) is 17.4. The summed E-state index contributed by atoms with van der Waals surface area (Å²) in [7, 11) is 0. The minimum absolute atomic E-state index is 0.211. The fourth-order valence-electron chi connectivity index (χ4n) is 3.16. The first-order valence-electron chi connectivity index (χ1n) is 9.72. The maximum atomic E-state index is 12.8. The Hall–Kier alpha value is -4.00. The van der Waals surface area contributed by atoms with Crippen LogP contribution < -0.4 is 10.6 Å². The van der Waals surface area contributed by atoms with E-state index in [0.29, 0.717) is 22.2 Å². The van der Waals surface area contributed by atoms with Gasteiger partial charge >= 0.3 is 12.0 Å². The molecule has 0 radical (unpaired) electrons. The molecule has 7 heteroatoms. The number of hydrogen-bond donors (Lipinski definition) is 2. The average Bonchev–Trinajstić information content (AvgIpc) is 2.75. The van der Waals surface area contributed by atoms with Crippen molar-refractivity contribution in [2.45, 2.75) is 13.8 Å². The molecule has 3 amide bonds. The third kappa shape index (κ3) is 5.33. The number of aryl methyl sites for hydroxylation is 2. The molecule has 0 aliphatic heterocycles. The second-order valence-electron chi connectivity index (χ2n) is 7.01. The van der Waals surface area contributed by atoms with Gasteiger partial charge in [0.25, 0.3) is 5.91 Å². The summed E-state index contributed by atoms with van der Waals surface area (Å²) in [6.45, 7) is 7.09. The van der Waals surface area contributed by atoms with Crippen LogP contribution in [-0.2, 0) is 9.53 Å². The molecule has 0 unspecified atom stereocenters. The quantitative estimate of drug-likeness (QED) is 0.471. The van der Waals surface area contributed by atoms with Gasteiger partial charge in [0.1, 0.15) is 0 Å². The number of imide groups is 1. The maximum Gasteiger partial charge on any atom is 0.339 e. The largest absolute Gasteiger partial charge is 0.452 e. The summed E-state index contributed by atoms with van der Waals surface area (Å²) in [6.07, 6.45) is 1.48. The number of benzene rings is 2. The average molecular weight is 417 g/mol. The van der Waals surface area contributed by atoms with Gasteiger partial charge in [0, 0.05) is 17.5 Å². The maximum absolute atomic E-state index is 12.8. The molecule has 2 aromatic carbocycles. The molecule has 3 rings (SSSR count). The number of nitrogens with one attached hydrogen (secondary N) is 2. The molecule has 0 spiro atoms. The second-order valence-corrected chi connectivity index (χ2v) is 7.01. The van der Waals surface area contributed by atoms with Crippen LogP contribution in [0.5, 0.6) is 0 Å². The van der Waals surface area contributed by atoms with E-state index in [1.807, 2.05) is 44.2 Å². The zero-order chi connectivity index (χ0) is 22.4. The van der Waals surface area contributed by atoms with E-state index < -0.39 is 24.5 Å². The van der Waals surface area contributed by atoms with Crippen LogP contribution in [0.25, 0.3) is 22.2 Å². The standard InChI is InChI=1S/C24H23N3O4/c1-4-11-25-24(30)27-22(28)14-31-23(29)19-13-21(17-10-9-15(2)12-16(17)3)26-20-8-6-5-7-18(19)20/h4-10,12-13H,1,11,14H2,2-3H3,(H2,25,27,28,30). The highest BCUT2D eigenvalue weighted by atomic mass is 16.5. The summed E-state index contributed by atoms with van der Waals surface area (Å²) in [4.78, 5) is 40.9. The lowest BCUT2D eigenvalue weighted by atomic mass is 9.99. The van der Waals surface area contributed by atoms with Crippen LogP contribution in [0.15, 0.2) is 61.2 Å². The van der Waals surface area contributed by atoms with Crippen LogP contribution in [0.4, 0.5) is 4.79 Å². The second kappa shape index (κ2) is 9.67. The highest BCUT2D eigenvalue weighted by Gasteiger charge is 2.18. The number of ether oxygens (including phenoxy) is 1. The molecule has 0 fully saturated rings. The molecule has 0 saturated heterocycles. The minimum atomic E-state index is -0.733. The SMILES string of the molecule is C=CCNC(=O)NC(=O)COC(=O)c1cc(-c2ccc(C)cc2C)nc2ccccc12. The number of rotatable bonds is 6. The predicted octanol–water partition coefficient (Wildman–Crippen LogP) is 3.69. The lowest BCUT2D eigenvalue weighted by Gasteiger charge is -2.12. The van der Waals surface area contributed by atoms with Crippen molar-refractivity contribution in [2.24, 2.45) is 0 Å². The molecule has 1 heterocycles. The Kier molecular flexibility index (Phi) is 6.77. The molecule has 0 atom stereocenters. The number of pyridine rings is 1. The van der Waals surface area contributed by atoms with Crippen molar-refractivity contribution in [1.29, 1.82) is 0 Å². The van der Waals surface area contributed by atoms with Crippen LogP contribution in [0.3, 0.4) is 0 Å². The molecule has 3 aromatic rings. The summed E-state index contributed by atoms with van der Waals surface area (Å²) in [6, 6.07) is 14.2. The molecule has 0 aliphatic carbocycles. The lowest BCUT2D eigenvalue weighted by Crippen LogP contribution is -2.41. The lowest BCUT2D eigenvalue weighted by molar-refractivity contribution is -0.123. The molecule has 0 aliphatic rings. The summed E-state index contributed by atoms with van der Waals surface area (Å²) in [5.74, 6) is -1.41. The summed E-state index contributed by atoms with van der Waals surface area (Å²) in [5.41, 5.74) is 4.64. The first-order valence-corrected chi connectivity index (χ1v) is 9.72. The Morgan fingerprint density at radius 3 is 2.61 bits per heavy atom. The first-order chi connectivity index (χ1) is 14.9. The van der Waals surface area contributed by atoms with Gasteiger partial charge in [-0.2, -0.15) is 0 Å². The number of para-hydroxylation sites is 1. The molecule has 0 bridgehead atoms. The molecule has 7 nitrogen and oxygen atoms in total. The van der Waals surface area contributed by atoms with Gasteiger partial charge in [0.15, 0.2) is 6.61 Å². The minimum Gasteiger partial charge on any atom is -0.452 e. The zero-order valence-electron chi connectivity index (χ0n) is 17.4.